The van der Waals surface area contributed by atoms with Gasteiger partial charge in [-0.3, -0.25) is 0 Å². The predicted molar refractivity (Wildman–Crippen MR) is 114 cm³/mol. The molecule has 0 aromatic heterocycles. The molecule has 12 heteroatoms. The Kier molecular flexibility index (Phi) is 6.89. The largest absolute Gasteiger partial charge is 0.417 e. The Morgan fingerprint density at radius 1 is 0.938 bits per heavy atom. The molecule has 2 aromatic carbocycles. The number of sulfone groups is 1. The third-order valence-electron chi connectivity index (χ3n) is 5.18. The molecule has 2 aromatic rings. The summed E-state index contributed by atoms with van der Waals surface area (Å²) in [4.78, 5) is -0.0353. The Hall–Kier alpha value is -2.15. The molecule has 3 rings (SSSR count). The van der Waals surface area contributed by atoms with Crippen LogP contribution in [0.5, 0.6) is 0 Å². The lowest BCUT2D eigenvalue weighted by Gasteiger charge is -2.24. The van der Waals surface area contributed by atoms with Crippen LogP contribution in [0.1, 0.15) is 18.4 Å². The molecule has 0 saturated carbocycles. The van der Waals surface area contributed by atoms with Crippen LogP contribution in [0, 0.1) is 0 Å². The van der Waals surface area contributed by atoms with Gasteiger partial charge in [-0.2, -0.15) is 13.2 Å². The van der Waals surface area contributed by atoms with Crippen molar-refractivity contribution >= 4 is 25.5 Å². The second-order valence-electron chi connectivity index (χ2n) is 7.69. The molecule has 0 radical (unpaired) electrons. The summed E-state index contributed by atoms with van der Waals surface area (Å²) >= 11 is 0. The molecule has 1 heterocycles. The molecular formula is C20H24F3N3O4S2. The molecule has 1 aliphatic heterocycles. The minimum atomic E-state index is -4.98. The van der Waals surface area contributed by atoms with Gasteiger partial charge in [-0.1, -0.05) is 0 Å². The zero-order chi connectivity index (χ0) is 23.7. The van der Waals surface area contributed by atoms with Crippen LogP contribution in [-0.4, -0.2) is 50.1 Å². The summed E-state index contributed by atoms with van der Waals surface area (Å²) in [6.07, 6.45) is -4.15. The maximum atomic E-state index is 13.6. The minimum absolute atomic E-state index is 0.155. The number of sulfonamides is 1. The number of hydrogen-bond acceptors (Lipinski definition) is 6. The predicted octanol–water partition coefficient (Wildman–Crippen LogP) is 2.63. The van der Waals surface area contributed by atoms with Crippen molar-refractivity contribution in [3.63, 3.8) is 0 Å². The van der Waals surface area contributed by atoms with Crippen LogP contribution in [-0.2, 0) is 26.0 Å². The Bertz CT molecular complexity index is 1170. The molecule has 0 bridgehead atoms. The monoisotopic (exact) mass is 491 g/mol. The lowest BCUT2D eigenvalue weighted by molar-refractivity contribution is -0.139. The van der Waals surface area contributed by atoms with E-state index in [4.69, 9.17) is 0 Å². The average molecular weight is 492 g/mol. The van der Waals surface area contributed by atoms with E-state index in [1.165, 1.54) is 12.1 Å². The first-order valence-electron chi connectivity index (χ1n) is 9.79. The van der Waals surface area contributed by atoms with Crippen molar-refractivity contribution in [1.29, 1.82) is 0 Å². The number of nitrogens with one attached hydrogen (secondary N) is 2. The molecule has 1 fully saturated rings. The van der Waals surface area contributed by atoms with Crippen LogP contribution >= 0.6 is 0 Å². The van der Waals surface area contributed by atoms with Crippen molar-refractivity contribution in [3.05, 3.63) is 48.0 Å². The fraction of sp³-hybridized carbons (Fsp3) is 0.400. The lowest BCUT2D eigenvalue weighted by atomic mass is 10.1. The maximum absolute atomic E-state index is 13.6. The summed E-state index contributed by atoms with van der Waals surface area (Å²) in [6.45, 7) is 1.05. The van der Waals surface area contributed by atoms with Crippen LogP contribution in [0.25, 0.3) is 0 Å². The van der Waals surface area contributed by atoms with Gasteiger partial charge in [0.2, 0.25) is 19.9 Å². The van der Waals surface area contributed by atoms with Gasteiger partial charge in [0.05, 0.1) is 20.2 Å². The van der Waals surface area contributed by atoms with Gasteiger partial charge in [-0.25, -0.2) is 21.6 Å². The molecule has 2 N–H and O–H groups in total. The molecule has 1 saturated heterocycles. The van der Waals surface area contributed by atoms with Crippen LogP contribution in [0.4, 0.5) is 18.9 Å². The quantitative estimate of drug-likeness (QED) is 0.645. The number of alkyl halides is 3. The molecular weight excluding hydrogens is 467 g/mol. The SMILES string of the molecule is CN(C)c1ccc(S(=O)(=O)c2ccc(C(F)(F)F)c(S(=O)(=O)NC3CCNCC3)c2)cc1. The van der Waals surface area contributed by atoms with E-state index in [0.29, 0.717) is 38.1 Å². The minimum Gasteiger partial charge on any atom is -0.378 e. The Labute approximate surface area is 185 Å². The second-order valence-corrected chi connectivity index (χ2v) is 11.3. The molecule has 1 aliphatic rings. The van der Waals surface area contributed by atoms with Crippen molar-refractivity contribution in [2.24, 2.45) is 0 Å². The summed E-state index contributed by atoms with van der Waals surface area (Å²) < 4.78 is 94.8. The first-order valence-corrected chi connectivity index (χ1v) is 12.8. The standard InChI is InChI=1S/C20H24F3N3O4S2/c1-26(2)15-3-5-16(6-4-15)31(27,28)17-7-8-18(20(21,22)23)19(13-17)32(29,30)25-14-9-11-24-12-10-14/h3-8,13-14,24-25H,9-12H2,1-2H3. The lowest BCUT2D eigenvalue weighted by Crippen LogP contribution is -2.43. The van der Waals surface area contributed by atoms with Crippen molar-refractivity contribution in [2.45, 2.75) is 39.7 Å². The summed E-state index contributed by atoms with van der Waals surface area (Å²) in [5, 5.41) is 3.04. The summed E-state index contributed by atoms with van der Waals surface area (Å²) in [6, 6.07) is 7.07. The van der Waals surface area contributed by atoms with Crippen LogP contribution in [0.15, 0.2) is 57.2 Å². The van der Waals surface area contributed by atoms with E-state index < -0.39 is 47.4 Å². The summed E-state index contributed by atoms with van der Waals surface area (Å²) in [5.74, 6) is 0. The van der Waals surface area contributed by atoms with Gasteiger partial charge in [0.25, 0.3) is 0 Å². The van der Waals surface area contributed by atoms with Gasteiger partial charge in [0.1, 0.15) is 0 Å². The molecule has 0 spiro atoms. The highest BCUT2D eigenvalue weighted by atomic mass is 32.2. The van der Waals surface area contributed by atoms with Crippen molar-refractivity contribution in [2.75, 3.05) is 32.1 Å². The normalized spacial score (nSPS) is 16.2. The Morgan fingerprint density at radius 2 is 1.50 bits per heavy atom. The molecule has 7 nitrogen and oxygen atoms in total. The molecule has 0 unspecified atom stereocenters. The van der Waals surface area contributed by atoms with Gasteiger partial charge in [-0.15, -0.1) is 0 Å². The maximum Gasteiger partial charge on any atom is 0.417 e. The van der Waals surface area contributed by atoms with Crippen LogP contribution < -0.4 is 14.9 Å². The molecule has 176 valence electrons. The average Bonchev–Trinajstić information content (AvgIpc) is 2.73. The molecule has 0 aliphatic carbocycles. The van der Waals surface area contributed by atoms with E-state index in [0.717, 1.165) is 11.8 Å². The summed E-state index contributed by atoms with van der Waals surface area (Å²) in [5.41, 5.74) is -0.688. The number of nitrogens with zero attached hydrogens (tertiary/aromatic N) is 1. The fourth-order valence-corrected chi connectivity index (χ4v) is 6.33. The zero-order valence-corrected chi connectivity index (χ0v) is 19.1. The number of anilines is 1. The van der Waals surface area contributed by atoms with Crippen LogP contribution in [0.2, 0.25) is 0 Å². The first kappa shape index (κ1) is 24.5. The van der Waals surface area contributed by atoms with E-state index in [-0.39, 0.29) is 4.90 Å². The fourth-order valence-electron chi connectivity index (χ4n) is 3.41. The van der Waals surface area contributed by atoms with Gasteiger partial charge in [0, 0.05) is 25.8 Å². The van der Waals surface area contributed by atoms with Gasteiger partial charge in [0.15, 0.2) is 0 Å². The first-order chi connectivity index (χ1) is 14.8. The van der Waals surface area contributed by atoms with Gasteiger partial charge < -0.3 is 10.2 Å². The highest BCUT2D eigenvalue weighted by Crippen LogP contribution is 2.36. The highest BCUT2D eigenvalue weighted by molar-refractivity contribution is 7.91. The number of benzene rings is 2. The molecule has 0 amide bonds. The number of hydrogen-bond donors (Lipinski definition) is 2. The third kappa shape index (κ3) is 5.25. The highest BCUT2D eigenvalue weighted by Gasteiger charge is 2.39. The topological polar surface area (TPSA) is 95.6 Å². The number of rotatable bonds is 6. The molecule has 0 atom stereocenters. The zero-order valence-electron chi connectivity index (χ0n) is 17.5. The van der Waals surface area contributed by atoms with Crippen LogP contribution in [0.3, 0.4) is 0 Å². The third-order valence-corrected chi connectivity index (χ3v) is 8.51. The number of piperidine rings is 1. The van der Waals surface area contributed by atoms with Gasteiger partial charge >= 0.3 is 6.18 Å². The van der Waals surface area contributed by atoms with E-state index >= 15 is 0 Å². The van der Waals surface area contributed by atoms with Gasteiger partial charge in [-0.05, 0) is 68.4 Å². The second kappa shape index (κ2) is 9.00. The van der Waals surface area contributed by atoms with Crippen molar-refractivity contribution < 1.29 is 30.0 Å². The van der Waals surface area contributed by atoms with Crippen molar-refractivity contribution in [1.82, 2.24) is 10.0 Å². The smallest absolute Gasteiger partial charge is 0.378 e. The Morgan fingerprint density at radius 3 is 2.03 bits per heavy atom. The summed E-state index contributed by atoms with van der Waals surface area (Å²) in [7, 11) is -5.33. The molecule has 32 heavy (non-hydrogen) atoms. The van der Waals surface area contributed by atoms with E-state index in [1.54, 1.807) is 31.1 Å². The van der Waals surface area contributed by atoms with Crippen molar-refractivity contribution in [3.8, 4) is 0 Å². The van der Waals surface area contributed by atoms with E-state index in [1.807, 2.05) is 0 Å². The number of halogens is 3. The van der Waals surface area contributed by atoms with E-state index in [9.17, 15) is 30.0 Å². The Balaban J connectivity index is 2.07. The van der Waals surface area contributed by atoms with E-state index in [2.05, 4.69) is 10.0 Å².